The first kappa shape index (κ1) is 14.5. The summed E-state index contributed by atoms with van der Waals surface area (Å²) in [7, 11) is -3.71. The summed E-state index contributed by atoms with van der Waals surface area (Å²) >= 11 is 0.883. The number of carboxylic acids is 1. The van der Waals surface area contributed by atoms with Crippen molar-refractivity contribution in [1.82, 2.24) is 0 Å². The molecule has 0 amide bonds. The summed E-state index contributed by atoms with van der Waals surface area (Å²) in [5.74, 6) is -1.08. The SMILES string of the molecule is Cc1ccc(C)c(S(=O)(=O)Nc2ccc(C(=O)O)s2)c1. The number of rotatable bonds is 4. The second-order valence-electron chi connectivity index (χ2n) is 4.34. The van der Waals surface area contributed by atoms with Crippen molar-refractivity contribution in [2.45, 2.75) is 18.7 Å². The number of benzene rings is 1. The number of nitrogens with one attached hydrogen (secondary N) is 1. The van der Waals surface area contributed by atoms with Crippen LogP contribution >= 0.6 is 11.3 Å². The van der Waals surface area contributed by atoms with E-state index in [9.17, 15) is 13.2 Å². The maximum Gasteiger partial charge on any atom is 0.345 e. The maximum absolute atomic E-state index is 12.3. The van der Waals surface area contributed by atoms with Gasteiger partial charge in [-0.3, -0.25) is 4.72 Å². The Morgan fingerprint density at radius 1 is 1.20 bits per heavy atom. The molecule has 0 radical (unpaired) electrons. The van der Waals surface area contributed by atoms with Crippen molar-refractivity contribution in [3.63, 3.8) is 0 Å². The number of carbonyl (C=O) groups is 1. The Kier molecular flexibility index (Phi) is 3.82. The van der Waals surface area contributed by atoms with Gasteiger partial charge < -0.3 is 5.11 Å². The van der Waals surface area contributed by atoms with Crippen molar-refractivity contribution in [2.24, 2.45) is 0 Å². The van der Waals surface area contributed by atoms with Crippen LogP contribution in [-0.4, -0.2) is 19.5 Å². The van der Waals surface area contributed by atoms with Crippen LogP contribution < -0.4 is 4.72 Å². The van der Waals surface area contributed by atoms with Gasteiger partial charge in [0.25, 0.3) is 10.0 Å². The van der Waals surface area contributed by atoms with Gasteiger partial charge in [0.15, 0.2) is 0 Å². The van der Waals surface area contributed by atoms with Gasteiger partial charge in [0.2, 0.25) is 0 Å². The third-order valence-electron chi connectivity index (χ3n) is 2.68. The summed E-state index contributed by atoms with van der Waals surface area (Å²) in [6.45, 7) is 3.53. The lowest BCUT2D eigenvalue weighted by atomic mass is 10.2. The fourth-order valence-corrected chi connectivity index (χ4v) is 4.06. The molecule has 0 saturated carbocycles. The first-order valence-electron chi connectivity index (χ1n) is 5.73. The van der Waals surface area contributed by atoms with Gasteiger partial charge in [0.1, 0.15) is 9.88 Å². The quantitative estimate of drug-likeness (QED) is 0.909. The van der Waals surface area contributed by atoms with E-state index in [0.717, 1.165) is 16.9 Å². The Balaban J connectivity index is 2.35. The van der Waals surface area contributed by atoms with Gasteiger partial charge in [-0.15, -0.1) is 11.3 Å². The molecule has 0 atom stereocenters. The lowest BCUT2D eigenvalue weighted by molar-refractivity contribution is 0.0702. The Bertz CT molecular complexity index is 762. The van der Waals surface area contributed by atoms with Gasteiger partial charge in [-0.05, 0) is 43.2 Å². The van der Waals surface area contributed by atoms with Crippen LogP contribution in [0.4, 0.5) is 5.00 Å². The average molecular weight is 311 g/mol. The van der Waals surface area contributed by atoms with E-state index in [2.05, 4.69) is 4.72 Å². The predicted octanol–water partition coefficient (Wildman–Crippen LogP) is 2.86. The lowest BCUT2D eigenvalue weighted by Crippen LogP contribution is -2.13. The normalized spacial score (nSPS) is 11.3. The molecule has 2 rings (SSSR count). The van der Waals surface area contributed by atoms with Crippen LogP contribution in [0.2, 0.25) is 0 Å². The molecular formula is C13H13NO4S2. The molecule has 0 fully saturated rings. The summed E-state index contributed by atoms with van der Waals surface area (Å²) in [5, 5.41) is 9.11. The van der Waals surface area contributed by atoms with E-state index in [0.29, 0.717) is 5.56 Å². The molecule has 0 saturated heterocycles. The minimum atomic E-state index is -3.71. The van der Waals surface area contributed by atoms with Crippen LogP contribution in [0.15, 0.2) is 35.2 Å². The van der Waals surface area contributed by atoms with E-state index < -0.39 is 16.0 Å². The number of aryl methyl sites for hydroxylation is 2. The van der Waals surface area contributed by atoms with Crippen molar-refractivity contribution in [2.75, 3.05) is 4.72 Å². The van der Waals surface area contributed by atoms with E-state index in [1.807, 2.05) is 13.0 Å². The maximum atomic E-state index is 12.3. The van der Waals surface area contributed by atoms with E-state index in [1.54, 1.807) is 19.1 Å². The van der Waals surface area contributed by atoms with E-state index >= 15 is 0 Å². The molecule has 5 nitrogen and oxygen atoms in total. The Labute approximate surface area is 120 Å². The van der Waals surface area contributed by atoms with Crippen molar-refractivity contribution < 1.29 is 18.3 Å². The van der Waals surface area contributed by atoms with Gasteiger partial charge in [-0.2, -0.15) is 0 Å². The second-order valence-corrected chi connectivity index (χ2v) is 7.08. The topological polar surface area (TPSA) is 83.5 Å². The standard InChI is InChI=1S/C13H13NO4S2/c1-8-3-4-9(2)11(7-8)20(17,18)14-12-6-5-10(19-12)13(15)16/h3-7,14H,1-2H3,(H,15,16). The molecule has 1 aromatic heterocycles. The molecule has 1 aromatic carbocycles. The van der Waals surface area contributed by atoms with Crippen molar-refractivity contribution in [3.8, 4) is 0 Å². The third-order valence-corrected chi connectivity index (χ3v) is 5.31. The smallest absolute Gasteiger partial charge is 0.345 e. The molecule has 1 heterocycles. The first-order chi connectivity index (χ1) is 9.29. The van der Waals surface area contributed by atoms with Gasteiger partial charge in [-0.1, -0.05) is 12.1 Å². The van der Waals surface area contributed by atoms with Gasteiger partial charge in [0.05, 0.1) is 4.90 Å². The number of aromatic carboxylic acids is 1. The lowest BCUT2D eigenvalue weighted by Gasteiger charge is -2.09. The number of thiophene rings is 1. The number of hydrogen-bond donors (Lipinski definition) is 2. The number of carboxylic acid groups (broad SMARTS) is 1. The first-order valence-corrected chi connectivity index (χ1v) is 8.03. The largest absolute Gasteiger partial charge is 0.477 e. The van der Waals surface area contributed by atoms with Gasteiger partial charge >= 0.3 is 5.97 Å². The fourth-order valence-electron chi connectivity index (χ4n) is 1.69. The Morgan fingerprint density at radius 2 is 1.90 bits per heavy atom. The highest BCUT2D eigenvalue weighted by Gasteiger charge is 2.18. The van der Waals surface area contributed by atoms with Crippen LogP contribution in [0.3, 0.4) is 0 Å². The van der Waals surface area contributed by atoms with Crippen LogP contribution in [0.1, 0.15) is 20.8 Å². The van der Waals surface area contributed by atoms with Crippen molar-refractivity contribution >= 4 is 32.3 Å². The van der Waals surface area contributed by atoms with Crippen LogP contribution in [0.5, 0.6) is 0 Å². The predicted molar refractivity (Wildman–Crippen MR) is 78.0 cm³/mol. The molecule has 7 heteroatoms. The average Bonchev–Trinajstić information content (AvgIpc) is 2.80. The van der Waals surface area contributed by atoms with Crippen LogP contribution in [-0.2, 0) is 10.0 Å². The summed E-state index contributed by atoms with van der Waals surface area (Å²) in [5.41, 5.74) is 1.48. The molecule has 106 valence electrons. The summed E-state index contributed by atoms with van der Waals surface area (Å²) in [4.78, 5) is 11.1. The van der Waals surface area contributed by atoms with Crippen LogP contribution in [0.25, 0.3) is 0 Å². The molecule has 0 unspecified atom stereocenters. The summed E-state index contributed by atoms with van der Waals surface area (Å²) < 4.78 is 27.0. The second kappa shape index (κ2) is 5.26. The minimum absolute atomic E-state index is 0.0867. The Hall–Kier alpha value is -1.86. The van der Waals surface area contributed by atoms with Crippen molar-refractivity contribution in [1.29, 1.82) is 0 Å². The number of hydrogen-bond acceptors (Lipinski definition) is 4. The van der Waals surface area contributed by atoms with E-state index in [4.69, 9.17) is 5.11 Å². The molecule has 0 spiro atoms. The fraction of sp³-hybridized carbons (Fsp3) is 0.154. The molecule has 0 bridgehead atoms. The molecular weight excluding hydrogens is 298 g/mol. The summed E-state index contributed by atoms with van der Waals surface area (Å²) in [6, 6.07) is 7.97. The highest BCUT2D eigenvalue weighted by Crippen LogP contribution is 2.26. The zero-order valence-electron chi connectivity index (χ0n) is 10.9. The zero-order chi connectivity index (χ0) is 14.9. The van der Waals surface area contributed by atoms with Gasteiger partial charge in [0, 0.05) is 0 Å². The number of anilines is 1. The molecule has 0 aliphatic heterocycles. The van der Waals surface area contributed by atoms with Crippen LogP contribution in [0, 0.1) is 13.8 Å². The molecule has 2 aromatic rings. The highest BCUT2D eigenvalue weighted by molar-refractivity contribution is 7.93. The minimum Gasteiger partial charge on any atom is -0.477 e. The molecule has 2 N–H and O–H groups in total. The summed E-state index contributed by atoms with van der Waals surface area (Å²) in [6.07, 6.45) is 0. The Morgan fingerprint density at radius 3 is 2.50 bits per heavy atom. The zero-order valence-corrected chi connectivity index (χ0v) is 12.5. The highest BCUT2D eigenvalue weighted by atomic mass is 32.2. The molecule has 20 heavy (non-hydrogen) atoms. The van der Waals surface area contributed by atoms with Crippen molar-refractivity contribution in [3.05, 3.63) is 46.3 Å². The van der Waals surface area contributed by atoms with E-state index in [1.165, 1.54) is 12.1 Å². The van der Waals surface area contributed by atoms with Gasteiger partial charge in [-0.25, -0.2) is 13.2 Å². The van der Waals surface area contributed by atoms with E-state index in [-0.39, 0.29) is 14.8 Å². The molecule has 0 aliphatic rings. The monoisotopic (exact) mass is 311 g/mol. The molecule has 0 aliphatic carbocycles. The number of sulfonamides is 1. The third kappa shape index (κ3) is 3.00.